The maximum absolute atomic E-state index is 12.8. The number of hydrogen-bond donors (Lipinski definition) is 0. The van der Waals surface area contributed by atoms with E-state index in [1.165, 1.54) is 17.4 Å². The van der Waals surface area contributed by atoms with Gasteiger partial charge in [0.15, 0.2) is 5.49 Å². The van der Waals surface area contributed by atoms with E-state index in [4.69, 9.17) is 0 Å². The Morgan fingerprint density at radius 2 is 2.04 bits per heavy atom. The first-order chi connectivity index (χ1) is 11.4. The normalized spacial score (nSPS) is 12.0. The van der Waals surface area contributed by atoms with Crippen LogP contribution in [0.25, 0.3) is 16.4 Å². The Morgan fingerprint density at radius 1 is 1.29 bits per heavy atom. The van der Waals surface area contributed by atoms with Crippen LogP contribution in [0.1, 0.15) is 32.4 Å². The quantitative estimate of drug-likeness (QED) is 0.644. The number of rotatable bonds is 1. The second kappa shape index (κ2) is 5.78. The molecule has 1 amide bonds. The first-order valence-electron chi connectivity index (χ1n) is 7.59. The van der Waals surface area contributed by atoms with Gasteiger partial charge in [-0.25, -0.2) is 0 Å². The molecular weight excluding hydrogens is 304 g/mol. The van der Waals surface area contributed by atoms with E-state index in [0.717, 1.165) is 5.52 Å². The van der Waals surface area contributed by atoms with Crippen LogP contribution in [0.3, 0.4) is 0 Å². The molecule has 0 aliphatic heterocycles. The molecular formula is C18H16N4O2. The third-order valence-electron chi connectivity index (χ3n) is 3.82. The SMILES string of the molecule is CC(=O)N=c1c(C#N)cc2c(=O)n3ccccc3cc2n1C(C)C. The fourth-order valence-corrected chi connectivity index (χ4v) is 2.87. The highest BCUT2D eigenvalue weighted by Gasteiger charge is 2.14. The average molecular weight is 320 g/mol. The molecule has 0 radical (unpaired) electrons. The van der Waals surface area contributed by atoms with Crippen molar-refractivity contribution < 1.29 is 4.79 Å². The minimum Gasteiger partial charge on any atom is -0.322 e. The van der Waals surface area contributed by atoms with Crippen molar-refractivity contribution in [2.24, 2.45) is 4.99 Å². The van der Waals surface area contributed by atoms with Gasteiger partial charge in [-0.2, -0.15) is 10.3 Å². The molecule has 0 fully saturated rings. The van der Waals surface area contributed by atoms with E-state index in [0.29, 0.717) is 10.9 Å². The minimum atomic E-state index is -0.391. The summed E-state index contributed by atoms with van der Waals surface area (Å²) in [6, 6.07) is 10.8. The zero-order valence-corrected chi connectivity index (χ0v) is 13.6. The fraction of sp³-hybridized carbons (Fsp3) is 0.222. The van der Waals surface area contributed by atoms with Crippen molar-refractivity contribution in [3.8, 4) is 6.07 Å². The zero-order chi connectivity index (χ0) is 17.4. The predicted molar refractivity (Wildman–Crippen MR) is 90.5 cm³/mol. The highest BCUT2D eigenvalue weighted by molar-refractivity contribution is 5.84. The maximum Gasteiger partial charge on any atom is 0.264 e. The topological polar surface area (TPSA) is 79.6 Å². The molecule has 3 heterocycles. The summed E-state index contributed by atoms with van der Waals surface area (Å²) in [5.74, 6) is -0.391. The smallest absolute Gasteiger partial charge is 0.264 e. The van der Waals surface area contributed by atoms with Gasteiger partial charge < -0.3 is 4.57 Å². The average Bonchev–Trinajstić information content (AvgIpc) is 2.53. The molecule has 0 unspecified atom stereocenters. The molecule has 0 bridgehead atoms. The van der Waals surface area contributed by atoms with Crippen LogP contribution >= 0.6 is 0 Å². The lowest BCUT2D eigenvalue weighted by atomic mass is 10.1. The van der Waals surface area contributed by atoms with Gasteiger partial charge in [-0.3, -0.25) is 14.0 Å². The molecule has 0 aromatic carbocycles. The fourth-order valence-electron chi connectivity index (χ4n) is 2.87. The summed E-state index contributed by atoms with van der Waals surface area (Å²) in [7, 11) is 0. The molecule has 0 spiro atoms. The maximum atomic E-state index is 12.8. The molecule has 3 aromatic heterocycles. The van der Waals surface area contributed by atoms with Gasteiger partial charge in [-0.05, 0) is 38.1 Å². The summed E-state index contributed by atoms with van der Waals surface area (Å²) in [4.78, 5) is 28.3. The van der Waals surface area contributed by atoms with Crippen molar-refractivity contribution in [1.29, 1.82) is 5.26 Å². The number of carbonyl (C=O) groups is 1. The Morgan fingerprint density at radius 3 is 2.67 bits per heavy atom. The number of nitriles is 1. The predicted octanol–water partition coefficient (Wildman–Crippen LogP) is 2.15. The van der Waals surface area contributed by atoms with Crippen molar-refractivity contribution >= 4 is 22.3 Å². The number of pyridine rings is 3. The van der Waals surface area contributed by atoms with Crippen LogP contribution < -0.4 is 11.0 Å². The largest absolute Gasteiger partial charge is 0.322 e. The monoisotopic (exact) mass is 320 g/mol. The second-order valence-corrected chi connectivity index (χ2v) is 5.83. The summed E-state index contributed by atoms with van der Waals surface area (Å²) in [6.07, 6.45) is 1.69. The van der Waals surface area contributed by atoms with E-state index in [9.17, 15) is 14.9 Å². The summed E-state index contributed by atoms with van der Waals surface area (Å²) < 4.78 is 3.31. The van der Waals surface area contributed by atoms with Crippen molar-refractivity contribution in [2.75, 3.05) is 0 Å². The standard InChI is InChI=1S/C18H16N4O2/c1-11(2)22-16-9-14-6-4-5-7-21(14)18(24)15(16)8-13(10-19)17(22)20-12(3)23/h4-9,11H,1-3H3. The van der Waals surface area contributed by atoms with Crippen molar-refractivity contribution in [3.05, 3.63) is 57.9 Å². The molecule has 6 nitrogen and oxygen atoms in total. The Labute approximate surface area is 137 Å². The second-order valence-electron chi connectivity index (χ2n) is 5.83. The molecule has 0 N–H and O–H groups in total. The molecule has 0 aliphatic rings. The lowest BCUT2D eigenvalue weighted by Gasteiger charge is -2.17. The number of fused-ring (bicyclic) bond motifs is 2. The molecule has 0 aliphatic carbocycles. The van der Waals surface area contributed by atoms with Gasteiger partial charge in [0.1, 0.15) is 6.07 Å². The third kappa shape index (κ3) is 2.40. The van der Waals surface area contributed by atoms with Crippen LogP contribution in [-0.2, 0) is 4.79 Å². The van der Waals surface area contributed by atoms with Crippen molar-refractivity contribution in [3.63, 3.8) is 0 Å². The molecule has 0 atom stereocenters. The number of aromatic nitrogens is 2. The van der Waals surface area contributed by atoms with Gasteiger partial charge in [-0.1, -0.05) is 6.07 Å². The van der Waals surface area contributed by atoms with E-state index in [2.05, 4.69) is 4.99 Å². The van der Waals surface area contributed by atoms with E-state index >= 15 is 0 Å². The lowest BCUT2D eigenvalue weighted by molar-refractivity contribution is -0.116. The van der Waals surface area contributed by atoms with Crippen LogP contribution in [-0.4, -0.2) is 14.9 Å². The van der Waals surface area contributed by atoms with E-state index in [1.54, 1.807) is 16.8 Å². The summed E-state index contributed by atoms with van der Waals surface area (Å²) in [6.45, 7) is 5.18. The zero-order valence-electron chi connectivity index (χ0n) is 13.6. The van der Waals surface area contributed by atoms with Crippen LogP contribution in [0.5, 0.6) is 0 Å². The van der Waals surface area contributed by atoms with E-state index in [1.807, 2.05) is 38.1 Å². The summed E-state index contributed by atoms with van der Waals surface area (Å²) >= 11 is 0. The van der Waals surface area contributed by atoms with Crippen LogP contribution in [0.2, 0.25) is 0 Å². The minimum absolute atomic E-state index is 0.0792. The van der Waals surface area contributed by atoms with Gasteiger partial charge >= 0.3 is 0 Å². The van der Waals surface area contributed by atoms with Gasteiger partial charge in [0, 0.05) is 19.2 Å². The first kappa shape index (κ1) is 15.7. The number of amides is 1. The molecule has 0 saturated heterocycles. The summed E-state index contributed by atoms with van der Waals surface area (Å²) in [5, 5.41) is 9.88. The lowest BCUT2D eigenvalue weighted by Crippen LogP contribution is -2.29. The molecule has 24 heavy (non-hydrogen) atoms. The highest BCUT2D eigenvalue weighted by Crippen LogP contribution is 2.17. The van der Waals surface area contributed by atoms with Gasteiger partial charge in [0.25, 0.3) is 5.56 Å². The number of nitrogens with zero attached hydrogens (tertiary/aromatic N) is 4. The highest BCUT2D eigenvalue weighted by atomic mass is 16.1. The van der Waals surface area contributed by atoms with Crippen molar-refractivity contribution in [2.45, 2.75) is 26.8 Å². The van der Waals surface area contributed by atoms with Crippen LogP contribution in [0, 0.1) is 11.3 Å². The Balaban J connectivity index is 2.67. The number of hydrogen-bond acceptors (Lipinski definition) is 3. The molecule has 3 aromatic rings. The molecule has 6 heteroatoms. The Hall–Kier alpha value is -3.20. The van der Waals surface area contributed by atoms with Gasteiger partial charge in [0.05, 0.1) is 22.0 Å². The Kier molecular flexibility index (Phi) is 3.78. The molecule has 3 rings (SSSR count). The third-order valence-corrected chi connectivity index (χ3v) is 3.82. The van der Waals surface area contributed by atoms with Crippen molar-refractivity contribution in [1.82, 2.24) is 8.97 Å². The van der Waals surface area contributed by atoms with Gasteiger partial charge in [0.2, 0.25) is 5.91 Å². The van der Waals surface area contributed by atoms with E-state index < -0.39 is 5.91 Å². The van der Waals surface area contributed by atoms with Crippen LogP contribution in [0.4, 0.5) is 0 Å². The van der Waals surface area contributed by atoms with Crippen LogP contribution in [0.15, 0.2) is 46.3 Å². The molecule has 120 valence electrons. The van der Waals surface area contributed by atoms with E-state index in [-0.39, 0.29) is 22.7 Å². The number of carbonyl (C=O) groups excluding carboxylic acids is 1. The summed E-state index contributed by atoms with van der Waals surface area (Å²) in [5.41, 5.74) is 1.68. The first-order valence-corrected chi connectivity index (χ1v) is 7.59. The Bertz CT molecular complexity index is 1140. The molecule has 0 saturated carbocycles. The van der Waals surface area contributed by atoms with Gasteiger partial charge in [-0.15, -0.1) is 0 Å².